The van der Waals surface area contributed by atoms with E-state index in [2.05, 4.69) is 0 Å². The van der Waals surface area contributed by atoms with Gasteiger partial charge >= 0.3 is 49.7 Å². The normalized spacial score (nSPS) is 34.7. The minimum Gasteiger partial charge on any atom is -0.872 e. The van der Waals surface area contributed by atoms with E-state index in [1.165, 1.54) is 18.2 Å². The number of Topliss-reactive ketones (excluding diaryl/α,β-unsaturated/α-hetero) is 1. The van der Waals surface area contributed by atoms with Crippen molar-refractivity contribution in [1.82, 2.24) is 0 Å². The van der Waals surface area contributed by atoms with Crippen molar-refractivity contribution in [2.45, 2.75) is 98.6 Å². The maximum Gasteiger partial charge on any atom is 2.00 e. The molecule has 63 heavy (non-hydrogen) atoms. The van der Waals surface area contributed by atoms with Gasteiger partial charge in [0.1, 0.15) is 54.6 Å². The van der Waals surface area contributed by atoms with Gasteiger partial charge in [0.25, 0.3) is 0 Å². The van der Waals surface area contributed by atoms with Crippen LogP contribution in [0.15, 0.2) is 42.5 Å². The van der Waals surface area contributed by atoms with Crippen LogP contribution in [0.2, 0.25) is 0 Å². The van der Waals surface area contributed by atoms with Gasteiger partial charge in [0, 0.05) is 17.0 Å². The molecule has 2 heterocycles. The summed E-state index contributed by atoms with van der Waals surface area (Å²) in [4.78, 5) is 54.3. The Hall–Kier alpha value is -3.84. The van der Waals surface area contributed by atoms with Crippen molar-refractivity contribution >= 4 is 61.2 Å². The maximum absolute atomic E-state index is 14.7. The van der Waals surface area contributed by atoms with Crippen LogP contribution in [0.3, 0.4) is 0 Å². The predicted octanol–water partition coefficient (Wildman–Crippen LogP) is -2.71. The molecular weight excluding hydrogens is 865 g/mol. The molecule has 3 aliphatic carbocycles. The molecule has 2 saturated heterocycles. The maximum atomic E-state index is 14.7. The number of hydrogen-bond acceptors (Lipinski definition) is 18. The Labute approximate surface area is 386 Å². The Kier molecular flexibility index (Phi) is 13.6. The van der Waals surface area contributed by atoms with Gasteiger partial charge in [-0.3, -0.25) is 9.59 Å². The molecule has 3 aromatic carbocycles. The largest absolute Gasteiger partial charge is 2.00 e. The number of aromatic carboxylic acids is 2. The molecule has 0 bridgehead atoms. The van der Waals surface area contributed by atoms with Crippen LogP contribution in [0.25, 0.3) is 0 Å². The molecule has 0 aromatic heterocycles. The first kappa shape index (κ1) is 47.1. The second-order valence-corrected chi connectivity index (χ2v) is 16.2. The average Bonchev–Trinajstić information content (AvgIpc) is 3.24. The van der Waals surface area contributed by atoms with E-state index in [0.29, 0.717) is 0 Å². The van der Waals surface area contributed by atoms with Gasteiger partial charge in [-0.25, -0.2) is 9.59 Å². The Morgan fingerprint density at radius 1 is 0.667 bits per heavy atom. The van der Waals surface area contributed by atoms with Gasteiger partial charge in [-0.05, 0) is 59.6 Å². The van der Waals surface area contributed by atoms with Crippen LogP contribution < -0.4 is 14.9 Å². The van der Waals surface area contributed by atoms with Crippen molar-refractivity contribution < 1.29 is 99.4 Å². The van der Waals surface area contributed by atoms with E-state index in [4.69, 9.17) is 18.9 Å². The predicted molar refractivity (Wildman–Crippen MR) is 204 cm³/mol. The van der Waals surface area contributed by atoms with Crippen LogP contribution in [0.5, 0.6) is 17.2 Å². The minimum absolute atomic E-state index is 0. The number of carboxylic acids is 2. The number of aliphatic hydroxyl groups excluding tert-OH is 8. The van der Waals surface area contributed by atoms with Crippen molar-refractivity contribution in [1.29, 1.82) is 0 Å². The fraction of sp³-hybridized carbons (Fsp3) is 0.476. The second kappa shape index (κ2) is 18.2. The molecular formula is C42H42CaO20. The zero-order valence-corrected chi connectivity index (χ0v) is 35.2. The van der Waals surface area contributed by atoms with Crippen LogP contribution in [-0.4, -0.2) is 193 Å². The fourth-order valence-corrected chi connectivity index (χ4v) is 9.94. The third-order valence-electron chi connectivity index (χ3n) is 12.8. The number of fused-ring (bicyclic) bond motifs is 4. The van der Waals surface area contributed by atoms with Crippen molar-refractivity contribution in [3.8, 4) is 17.2 Å². The summed E-state index contributed by atoms with van der Waals surface area (Å²) in [7, 11) is 0. The van der Waals surface area contributed by atoms with E-state index in [1.807, 2.05) is 0 Å². The van der Waals surface area contributed by atoms with E-state index < -0.39 is 162 Å². The molecule has 15 atom stereocenters. The Bertz CT molecular complexity index is 2300. The van der Waals surface area contributed by atoms with Crippen molar-refractivity contribution in [3.63, 3.8) is 0 Å². The number of benzene rings is 3. The monoisotopic (exact) mass is 906 g/mol. The summed E-state index contributed by atoms with van der Waals surface area (Å²) in [5.74, 6) is -12.0. The molecule has 20 nitrogen and oxygen atoms in total. The van der Waals surface area contributed by atoms with Gasteiger partial charge < -0.3 is 80.2 Å². The second-order valence-electron chi connectivity index (χ2n) is 16.2. The van der Waals surface area contributed by atoms with Gasteiger partial charge in [0.15, 0.2) is 17.9 Å². The average molecular weight is 907 g/mol. The van der Waals surface area contributed by atoms with Crippen molar-refractivity contribution in [2.24, 2.45) is 11.8 Å². The molecule has 2 unspecified atom stereocenters. The smallest absolute Gasteiger partial charge is 0.872 e. The van der Waals surface area contributed by atoms with E-state index in [0.717, 1.165) is 24.3 Å². The molecule has 10 N–H and O–H groups in total. The Balaban J connectivity index is 0.00000595. The minimum atomic E-state index is -1.94. The van der Waals surface area contributed by atoms with Crippen LogP contribution in [0, 0.1) is 11.8 Å². The molecule has 0 spiro atoms. The van der Waals surface area contributed by atoms with Gasteiger partial charge in [0.2, 0.25) is 6.29 Å². The Morgan fingerprint density at radius 2 is 1.22 bits per heavy atom. The number of ketones is 2. The van der Waals surface area contributed by atoms with E-state index >= 15 is 0 Å². The number of rotatable bonds is 9. The fourth-order valence-electron chi connectivity index (χ4n) is 9.94. The van der Waals surface area contributed by atoms with Gasteiger partial charge in [-0.2, -0.15) is 0 Å². The number of carbonyl (C=O) groups excluding carboxylic acids is 2. The Morgan fingerprint density at radius 3 is 1.81 bits per heavy atom. The summed E-state index contributed by atoms with van der Waals surface area (Å²) in [6.07, 6.45) is -18.0. The SMILES string of the molecule is O=C(O)c1cc([O-])c2c(c1)[C@H]([C@H]1c3cc(C(=O)O)cc([O-])c3C(=O)C3C(O[C@H]4O[C@H](CO)[C@@H](O)[C@H](O)[C@H]4O)CCC[C@@H]31)c1cccc(O[C@@H]3O[C@H](CO)[C@@H](O)[C@H](O)[C@H]3O)c1C2=O.[Ca+2]. The first-order valence-corrected chi connectivity index (χ1v) is 19.8. The molecule has 5 aliphatic rings. The zero-order chi connectivity index (χ0) is 44.6. The molecule has 3 fully saturated rings. The number of carboxylic acid groups (broad SMARTS) is 2. The number of aliphatic hydroxyl groups is 8. The number of ether oxygens (including phenoxy) is 4. The first-order valence-electron chi connectivity index (χ1n) is 19.8. The summed E-state index contributed by atoms with van der Waals surface area (Å²) in [6.45, 7) is -1.61. The molecule has 21 heteroatoms. The topological polar surface area (TPSA) is 354 Å². The van der Waals surface area contributed by atoms with E-state index in [-0.39, 0.29) is 85.0 Å². The van der Waals surface area contributed by atoms with Gasteiger partial charge in [-0.15, -0.1) is 0 Å². The summed E-state index contributed by atoms with van der Waals surface area (Å²) < 4.78 is 23.3. The van der Waals surface area contributed by atoms with Gasteiger partial charge in [0.05, 0.1) is 41.9 Å². The van der Waals surface area contributed by atoms with Crippen LogP contribution in [0.4, 0.5) is 0 Å². The standard InChI is InChI=1S/C42H44O20.Ca/c43-11-23-31(47)35(51)37(53)41(61-23)59-21-5-1-3-15-25(17-7-13(39(55)56)9-19(45)27(17)33(49)29(15)21)26-16-4-2-6-22(60-42-38(54)36(52)32(48)24(12-44)62-42)30(16)34(50)28-18(26)8-14(40(57)58)10-20(28)46;/h1,3,5,7-10,16,22-26,30-32,35-38,41-48,51-54H,2,4,6,11-12H2,(H,55,56)(H,57,58);/q;+2/p-2/t16-,22?,23-,24-,25-,26-,30?,31-,32-,35+,36+,37-,38-,41-,42+;/m1./s1. The number of carbonyl (C=O) groups is 4. The summed E-state index contributed by atoms with van der Waals surface area (Å²) in [5, 5.41) is 131. The summed E-state index contributed by atoms with van der Waals surface area (Å²) >= 11 is 0. The summed E-state index contributed by atoms with van der Waals surface area (Å²) in [5.41, 5.74) is -2.55. The third-order valence-corrected chi connectivity index (χ3v) is 12.8. The van der Waals surface area contributed by atoms with Gasteiger partial charge in [-0.1, -0.05) is 42.2 Å². The van der Waals surface area contributed by atoms with E-state index in [1.54, 1.807) is 0 Å². The molecule has 0 amide bonds. The van der Waals surface area contributed by atoms with E-state index in [9.17, 15) is 80.5 Å². The molecule has 3 aromatic rings. The molecule has 0 radical (unpaired) electrons. The number of hydrogen-bond donors (Lipinski definition) is 10. The molecule has 332 valence electrons. The van der Waals surface area contributed by atoms with Crippen LogP contribution >= 0.6 is 0 Å². The molecule has 8 rings (SSSR count). The first-order chi connectivity index (χ1) is 29.5. The zero-order valence-electron chi connectivity index (χ0n) is 33.0. The molecule has 1 saturated carbocycles. The quantitative estimate of drug-likeness (QED) is 0.0976. The third kappa shape index (κ3) is 7.92. The van der Waals surface area contributed by atoms with Crippen LogP contribution in [0.1, 0.15) is 94.8 Å². The molecule has 2 aliphatic heterocycles. The van der Waals surface area contributed by atoms with Crippen molar-refractivity contribution in [2.75, 3.05) is 13.2 Å². The van der Waals surface area contributed by atoms with Crippen LogP contribution in [-0.2, 0) is 14.2 Å². The van der Waals surface area contributed by atoms with Crippen molar-refractivity contribution in [3.05, 3.63) is 87.0 Å². The summed E-state index contributed by atoms with van der Waals surface area (Å²) in [6, 6.07) is 7.81.